The standard InChI is InChI=1S/C19H22N4O3S/c24-16(12-23-17(25)5-6-18(23)26)20-11-13-7-9-22(10-8-13)19-21-14-3-1-2-4-15(14)27-19/h1-4,13H,5-12H2,(H,20,24). The average molecular weight is 386 g/mol. The molecule has 0 unspecified atom stereocenters. The number of carbonyl (C=O) groups is 3. The van der Waals surface area contributed by atoms with E-state index in [1.807, 2.05) is 18.2 Å². The second kappa shape index (κ2) is 7.64. The Labute approximate surface area is 161 Å². The molecule has 7 nitrogen and oxygen atoms in total. The lowest BCUT2D eigenvalue weighted by molar-refractivity contribution is -0.142. The van der Waals surface area contributed by atoms with Crippen molar-refractivity contribution in [3.05, 3.63) is 24.3 Å². The number of hydrogen-bond acceptors (Lipinski definition) is 6. The summed E-state index contributed by atoms with van der Waals surface area (Å²) >= 11 is 1.72. The third kappa shape index (κ3) is 3.95. The van der Waals surface area contributed by atoms with Gasteiger partial charge < -0.3 is 10.2 Å². The number of hydrogen-bond donors (Lipinski definition) is 1. The van der Waals surface area contributed by atoms with Crippen LogP contribution in [0.2, 0.25) is 0 Å². The zero-order chi connectivity index (χ0) is 18.8. The van der Waals surface area contributed by atoms with E-state index in [1.165, 1.54) is 4.70 Å². The number of nitrogens with one attached hydrogen (secondary N) is 1. The zero-order valence-electron chi connectivity index (χ0n) is 15.0. The van der Waals surface area contributed by atoms with E-state index in [-0.39, 0.29) is 37.1 Å². The topological polar surface area (TPSA) is 82.6 Å². The van der Waals surface area contributed by atoms with E-state index in [0.717, 1.165) is 41.5 Å². The molecule has 2 aliphatic heterocycles. The lowest BCUT2D eigenvalue weighted by atomic mass is 9.97. The van der Waals surface area contributed by atoms with E-state index in [0.29, 0.717) is 12.5 Å². The van der Waals surface area contributed by atoms with Crippen LogP contribution in [0.5, 0.6) is 0 Å². The van der Waals surface area contributed by atoms with E-state index in [1.54, 1.807) is 11.3 Å². The summed E-state index contributed by atoms with van der Waals surface area (Å²) in [5.41, 5.74) is 1.04. The van der Waals surface area contributed by atoms with Crippen LogP contribution in [0.25, 0.3) is 10.2 Å². The normalized spacial score (nSPS) is 18.5. The van der Waals surface area contributed by atoms with Crippen LogP contribution in [0.15, 0.2) is 24.3 Å². The van der Waals surface area contributed by atoms with Crippen LogP contribution in [0.4, 0.5) is 5.13 Å². The maximum Gasteiger partial charge on any atom is 0.240 e. The first-order valence-corrected chi connectivity index (χ1v) is 10.1. The first-order valence-electron chi connectivity index (χ1n) is 9.30. The van der Waals surface area contributed by atoms with Crippen molar-refractivity contribution in [2.75, 3.05) is 31.1 Å². The summed E-state index contributed by atoms with van der Waals surface area (Å²) in [6, 6.07) is 8.16. The number of thiazole rings is 1. The van der Waals surface area contributed by atoms with E-state index >= 15 is 0 Å². The molecule has 1 aromatic heterocycles. The van der Waals surface area contributed by atoms with Gasteiger partial charge in [-0.25, -0.2) is 4.98 Å². The minimum absolute atomic E-state index is 0.151. The number of aromatic nitrogens is 1. The second-order valence-corrected chi connectivity index (χ2v) is 8.08. The maximum atomic E-state index is 12.0. The first kappa shape index (κ1) is 17.9. The van der Waals surface area contributed by atoms with Crippen molar-refractivity contribution >= 4 is 44.4 Å². The van der Waals surface area contributed by atoms with Crippen LogP contribution >= 0.6 is 11.3 Å². The first-order chi connectivity index (χ1) is 13.1. The van der Waals surface area contributed by atoms with Gasteiger partial charge in [0.05, 0.1) is 10.2 Å². The van der Waals surface area contributed by atoms with E-state index in [4.69, 9.17) is 4.98 Å². The van der Waals surface area contributed by atoms with Crippen molar-refractivity contribution in [3.63, 3.8) is 0 Å². The summed E-state index contributed by atoms with van der Waals surface area (Å²) < 4.78 is 1.20. The number of likely N-dealkylation sites (tertiary alicyclic amines) is 1. The van der Waals surface area contributed by atoms with Crippen molar-refractivity contribution in [2.24, 2.45) is 5.92 Å². The molecule has 3 amide bonds. The fourth-order valence-corrected chi connectivity index (χ4v) is 4.60. The molecule has 0 spiro atoms. The van der Waals surface area contributed by atoms with E-state index < -0.39 is 0 Å². The van der Waals surface area contributed by atoms with Gasteiger partial charge in [-0.2, -0.15) is 0 Å². The molecule has 27 heavy (non-hydrogen) atoms. The Morgan fingerprint density at radius 1 is 1.15 bits per heavy atom. The quantitative estimate of drug-likeness (QED) is 0.792. The molecule has 142 valence electrons. The number of para-hydroxylation sites is 1. The molecule has 2 saturated heterocycles. The Hall–Kier alpha value is -2.48. The molecular formula is C19H22N4O3S. The molecule has 4 rings (SSSR count). The van der Waals surface area contributed by atoms with Crippen molar-refractivity contribution in [3.8, 4) is 0 Å². The van der Waals surface area contributed by atoms with E-state index in [9.17, 15) is 14.4 Å². The zero-order valence-corrected chi connectivity index (χ0v) is 15.8. The molecule has 2 fully saturated rings. The highest BCUT2D eigenvalue weighted by Crippen LogP contribution is 2.31. The smallest absolute Gasteiger partial charge is 0.240 e. The summed E-state index contributed by atoms with van der Waals surface area (Å²) in [7, 11) is 0. The third-order valence-electron chi connectivity index (χ3n) is 5.21. The molecule has 2 aliphatic rings. The lowest BCUT2D eigenvalue weighted by Crippen LogP contribution is -2.43. The molecular weight excluding hydrogens is 364 g/mol. The molecule has 0 radical (unpaired) electrons. The highest BCUT2D eigenvalue weighted by molar-refractivity contribution is 7.22. The second-order valence-electron chi connectivity index (χ2n) is 7.07. The van der Waals surface area contributed by atoms with Gasteiger partial charge in [0, 0.05) is 32.5 Å². The largest absolute Gasteiger partial charge is 0.354 e. The van der Waals surface area contributed by atoms with Gasteiger partial charge in [-0.15, -0.1) is 0 Å². The van der Waals surface area contributed by atoms with Crippen molar-refractivity contribution < 1.29 is 14.4 Å². The summed E-state index contributed by atoms with van der Waals surface area (Å²) in [4.78, 5) is 43.3. The van der Waals surface area contributed by atoms with Crippen molar-refractivity contribution in [1.29, 1.82) is 0 Å². The summed E-state index contributed by atoms with van der Waals surface area (Å²) in [6.45, 7) is 2.28. The minimum atomic E-state index is -0.257. The van der Waals surface area contributed by atoms with E-state index in [2.05, 4.69) is 16.3 Å². The highest BCUT2D eigenvalue weighted by atomic mass is 32.1. The monoisotopic (exact) mass is 386 g/mol. The molecule has 0 aliphatic carbocycles. The van der Waals surface area contributed by atoms with Crippen LogP contribution in [0, 0.1) is 5.92 Å². The van der Waals surface area contributed by atoms with Gasteiger partial charge in [-0.05, 0) is 30.9 Å². The lowest BCUT2D eigenvalue weighted by Gasteiger charge is -2.31. The van der Waals surface area contributed by atoms with Crippen molar-refractivity contribution in [1.82, 2.24) is 15.2 Å². The Morgan fingerprint density at radius 3 is 2.56 bits per heavy atom. The molecule has 0 saturated carbocycles. The Kier molecular flexibility index (Phi) is 5.07. The average Bonchev–Trinajstić information content (AvgIpc) is 3.25. The summed E-state index contributed by atoms with van der Waals surface area (Å²) in [6.07, 6.45) is 2.41. The summed E-state index contributed by atoms with van der Waals surface area (Å²) in [5.74, 6) is -0.352. The van der Waals surface area contributed by atoms with Gasteiger partial charge in [0.25, 0.3) is 0 Å². The van der Waals surface area contributed by atoms with Gasteiger partial charge in [-0.3, -0.25) is 19.3 Å². The van der Waals surface area contributed by atoms with Gasteiger partial charge in [0.1, 0.15) is 6.54 Å². The SMILES string of the molecule is O=C(CN1C(=O)CCC1=O)NCC1CCN(c2nc3ccccc3s2)CC1. The van der Waals surface area contributed by atoms with Gasteiger partial charge >= 0.3 is 0 Å². The number of piperidine rings is 1. The predicted molar refractivity (Wildman–Crippen MR) is 104 cm³/mol. The number of fused-ring (bicyclic) bond motifs is 1. The summed E-state index contributed by atoms with van der Waals surface area (Å²) in [5, 5.41) is 3.94. The van der Waals surface area contributed by atoms with Gasteiger partial charge in [0.15, 0.2) is 5.13 Å². The number of nitrogens with zero attached hydrogens (tertiary/aromatic N) is 3. The minimum Gasteiger partial charge on any atom is -0.354 e. The molecule has 1 aromatic carbocycles. The van der Waals surface area contributed by atoms with Crippen LogP contribution in [0.3, 0.4) is 0 Å². The Balaban J connectivity index is 1.24. The number of carbonyl (C=O) groups excluding carboxylic acids is 3. The number of anilines is 1. The number of benzene rings is 1. The van der Waals surface area contributed by atoms with Crippen LogP contribution in [-0.2, 0) is 14.4 Å². The molecule has 8 heteroatoms. The highest BCUT2D eigenvalue weighted by Gasteiger charge is 2.30. The molecule has 3 heterocycles. The predicted octanol–water partition coefficient (Wildman–Crippen LogP) is 1.78. The molecule has 2 aromatic rings. The number of rotatable bonds is 5. The molecule has 1 N–H and O–H groups in total. The van der Waals surface area contributed by atoms with Crippen LogP contribution < -0.4 is 10.2 Å². The molecule has 0 bridgehead atoms. The van der Waals surface area contributed by atoms with Crippen LogP contribution in [0.1, 0.15) is 25.7 Å². The number of imide groups is 1. The van der Waals surface area contributed by atoms with Crippen molar-refractivity contribution in [2.45, 2.75) is 25.7 Å². The van der Waals surface area contributed by atoms with Crippen LogP contribution in [-0.4, -0.2) is 53.8 Å². The Morgan fingerprint density at radius 2 is 1.85 bits per heavy atom. The molecule has 0 atom stereocenters. The fourth-order valence-electron chi connectivity index (χ4n) is 3.58. The fraction of sp³-hybridized carbons (Fsp3) is 0.474. The third-order valence-corrected chi connectivity index (χ3v) is 6.31. The number of amides is 3. The van der Waals surface area contributed by atoms with Gasteiger partial charge in [0.2, 0.25) is 17.7 Å². The Bertz CT molecular complexity index is 824. The van der Waals surface area contributed by atoms with Gasteiger partial charge in [-0.1, -0.05) is 23.5 Å². The maximum absolute atomic E-state index is 12.0.